The van der Waals surface area contributed by atoms with Crippen LogP contribution in [0.3, 0.4) is 0 Å². The van der Waals surface area contributed by atoms with Gasteiger partial charge in [-0.15, -0.1) is 0 Å². The van der Waals surface area contributed by atoms with Gasteiger partial charge in [-0.1, -0.05) is 74.0 Å². The summed E-state index contributed by atoms with van der Waals surface area (Å²) >= 11 is 0. The summed E-state index contributed by atoms with van der Waals surface area (Å²) < 4.78 is 0. The van der Waals surface area contributed by atoms with Crippen molar-refractivity contribution in [3.8, 4) is 11.1 Å². The van der Waals surface area contributed by atoms with Crippen molar-refractivity contribution in [2.45, 2.75) is 39.0 Å². The highest BCUT2D eigenvalue weighted by molar-refractivity contribution is 5.81. The Morgan fingerprint density at radius 1 is 0.955 bits per heavy atom. The van der Waals surface area contributed by atoms with Crippen LogP contribution in [-0.4, -0.2) is 0 Å². The van der Waals surface area contributed by atoms with E-state index in [1.807, 2.05) is 0 Å². The van der Waals surface area contributed by atoms with Gasteiger partial charge in [-0.3, -0.25) is 0 Å². The first kappa shape index (κ1) is 13.8. The third-order valence-corrected chi connectivity index (χ3v) is 5.90. The lowest BCUT2D eigenvalue weighted by Crippen LogP contribution is -2.22. The van der Waals surface area contributed by atoms with Crippen molar-refractivity contribution in [2.75, 3.05) is 0 Å². The molecule has 0 aliphatic heterocycles. The molecule has 0 amide bonds. The van der Waals surface area contributed by atoms with E-state index in [0.29, 0.717) is 11.8 Å². The van der Waals surface area contributed by atoms with Gasteiger partial charge in [0.05, 0.1) is 0 Å². The van der Waals surface area contributed by atoms with E-state index in [9.17, 15) is 0 Å². The highest BCUT2D eigenvalue weighted by atomic mass is 14.5. The maximum Gasteiger partial charge on any atom is 0.0258 e. The largest absolute Gasteiger partial charge is 0.0881 e. The quantitative estimate of drug-likeness (QED) is 0.567. The van der Waals surface area contributed by atoms with E-state index in [0.717, 1.165) is 0 Å². The van der Waals surface area contributed by atoms with E-state index in [1.54, 1.807) is 16.7 Å². The highest BCUT2D eigenvalue weighted by Crippen LogP contribution is 2.60. The fourth-order valence-corrected chi connectivity index (χ4v) is 4.86. The van der Waals surface area contributed by atoms with Gasteiger partial charge in [0, 0.05) is 5.41 Å². The van der Waals surface area contributed by atoms with Crippen LogP contribution in [0.5, 0.6) is 0 Å². The second-order valence-corrected chi connectivity index (χ2v) is 7.27. The highest BCUT2D eigenvalue weighted by Gasteiger charge is 2.50. The molecule has 22 heavy (non-hydrogen) atoms. The molecule has 0 radical (unpaired) electrons. The van der Waals surface area contributed by atoms with Crippen molar-refractivity contribution in [3.63, 3.8) is 0 Å². The predicted molar refractivity (Wildman–Crippen MR) is 94.0 cm³/mol. The van der Waals surface area contributed by atoms with E-state index in [1.165, 1.54) is 24.0 Å². The third kappa shape index (κ3) is 1.70. The van der Waals surface area contributed by atoms with Crippen LogP contribution in [0, 0.1) is 11.8 Å². The van der Waals surface area contributed by atoms with Crippen LogP contribution in [0.15, 0.2) is 60.2 Å². The van der Waals surface area contributed by atoms with Gasteiger partial charge >= 0.3 is 0 Å². The molecular weight excluding hydrogens is 264 g/mol. The zero-order valence-electron chi connectivity index (χ0n) is 13.8. The van der Waals surface area contributed by atoms with Gasteiger partial charge in [0.1, 0.15) is 0 Å². The van der Waals surface area contributed by atoms with Crippen molar-refractivity contribution >= 4 is 0 Å². The monoisotopic (exact) mass is 288 g/mol. The molecule has 4 rings (SSSR count). The van der Waals surface area contributed by atoms with Crippen molar-refractivity contribution in [1.29, 1.82) is 0 Å². The molecule has 2 aromatic carbocycles. The Kier molecular flexibility index (Phi) is 3.04. The summed E-state index contributed by atoms with van der Waals surface area (Å²) in [4.78, 5) is 0. The van der Waals surface area contributed by atoms with E-state index in [4.69, 9.17) is 0 Å². The van der Waals surface area contributed by atoms with Crippen LogP contribution in [-0.2, 0) is 5.41 Å². The Morgan fingerprint density at radius 2 is 1.50 bits per heavy atom. The van der Waals surface area contributed by atoms with Crippen LogP contribution in [0.2, 0.25) is 0 Å². The van der Waals surface area contributed by atoms with Gasteiger partial charge in [0.25, 0.3) is 0 Å². The number of benzene rings is 2. The van der Waals surface area contributed by atoms with Crippen LogP contribution >= 0.6 is 0 Å². The minimum atomic E-state index is 0.212. The van der Waals surface area contributed by atoms with E-state index in [2.05, 4.69) is 75.4 Å². The first-order valence-corrected chi connectivity index (χ1v) is 8.52. The lowest BCUT2D eigenvalue weighted by Gasteiger charge is -2.27. The molecule has 1 fully saturated rings. The number of allylic oxidation sites excluding steroid dienone is 2. The lowest BCUT2D eigenvalue weighted by atomic mass is 9.75. The second kappa shape index (κ2) is 4.84. The van der Waals surface area contributed by atoms with E-state index in [-0.39, 0.29) is 5.41 Å². The molecule has 0 N–H and O–H groups in total. The van der Waals surface area contributed by atoms with E-state index >= 15 is 0 Å². The smallest absolute Gasteiger partial charge is 0.0258 e. The van der Waals surface area contributed by atoms with Gasteiger partial charge in [0.15, 0.2) is 0 Å². The molecule has 0 heteroatoms. The maximum atomic E-state index is 2.38. The normalized spacial score (nSPS) is 23.3. The van der Waals surface area contributed by atoms with Crippen LogP contribution in [0.4, 0.5) is 0 Å². The summed E-state index contributed by atoms with van der Waals surface area (Å²) in [5.41, 5.74) is 7.89. The minimum Gasteiger partial charge on any atom is -0.0881 e. The summed E-state index contributed by atoms with van der Waals surface area (Å²) in [7, 11) is 0. The fourth-order valence-electron chi connectivity index (χ4n) is 4.86. The van der Waals surface area contributed by atoms with Crippen LogP contribution < -0.4 is 0 Å². The van der Waals surface area contributed by atoms with Crippen molar-refractivity contribution in [2.24, 2.45) is 11.8 Å². The van der Waals surface area contributed by atoms with Gasteiger partial charge in [-0.2, -0.15) is 0 Å². The summed E-state index contributed by atoms with van der Waals surface area (Å²) in [6.45, 7) is 6.97. The van der Waals surface area contributed by atoms with Gasteiger partial charge in [-0.25, -0.2) is 0 Å². The molecule has 0 bridgehead atoms. The van der Waals surface area contributed by atoms with Crippen LogP contribution in [0.25, 0.3) is 11.1 Å². The average molecular weight is 288 g/mol. The zero-order valence-corrected chi connectivity index (χ0v) is 13.8. The van der Waals surface area contributed by atoms with Gasteiger partial charge in [0.2, 0.25) is 0 Å². The molecule has 2 aliphatic carbocycles. The first-order valence-electron chi connectivity index (χ1n) is 8.52. The molecule has 0 saturated heterocycles. The molecule has 0 nitrogen and oxygen atoms in total. The zero-order chi connectivity index (χ0) is 15.3. The predicted octanol–water partition coefficient (Wildman–Crippen LogP) is 5.97. The second-order valence-electron chi connectivity index (χ2n) is 7.27. The topological polar surface area (TPSA) is 0 Å². The maximum absolute atomic E-state index is 2.38. The molecule has 2 aromatic rings. The molecule has 1 saturated carbocycles. The first-order chi connectivity index (χ1) is 10.7. The molecule has 0 heterocycles. The summed E-state index contributed by atoms with van der Waals surface area (Å²) in [6.07, 6.45) is 4.84. The number of fused-ring (bicyclic) bond motifs is 5. The molecular formula is C22H24. The SMILES string of the molecule is C/C=C1/CC2(CC1C(C)C)c1ccccc1-c1ccccc12. The summed E-state index contributed by atoms with van der Waals surface area (Å²) in [5, 5.41) is 0. The molecule has 1 spiro atoms. The molecule has 2 aliphatic rings. The van der Waals surface area contributed by atoms with E-state index < -0.39 is 0 Å². The molecule has 0 aromatic heterocycles. The Balaban J connectivity index is 1.96. The number of hydrogen-bond acceptors (Lipinski definition) is 0. The average Bonchev–Trinajstić information content (AvgIpc) is 3.07. The van der Waals surface area contributed by atoms with Crippen molar-refractivity contribution in [3.05, 3.63) is 71.3 Å². The lowest BCUT2D eigenvalue weighted by molar-refractivity contribution is 0.407. The third-order valence-electron chi connectivity index (χ3n) is 5.90. The van der Waals surface area contributed by atoms with Crippen LogP contribution in [0.1, 0.15) is 44.7 Å². The Morgan fingerprint density at radius 3 is 1.95 bits per heavy atom. The fraction of sp³-hybridized carbons (Fsp3) is 0.364. The summed E-state index contributed by atoms with van der Waals surface area (Å²) in [5.74, 6) is 1.43. The minimum absolute atomic E-state index is 0.212. The Labute approximate surface area is 133 Å². The summed E-state index contributed by atoms with van der Waals surface area (Å²) in [6, 6.07) is 18.1. The molecule has 1 unspecified atom stereocenters. The molecule has 1 atom stereocenters. The number of hydrogen-bond donors (Lipinski definition) is 0. The van der Waals surface area contributed by atoms with Crippen molar-refractivity contribution < 1.29 is 0 Å². The number of rotatable bonds is 1. The Hall–Kier alpha value is -1.82. The Bertz CT molecular complexity index is 703. The molecule has 112 valence electrons. The van der Waals surface area contributed by atoms with Gasteiger partial charge < -0.3 is 0 Å². The van der Waals surface area contributed by atoms with Crippen molar-refractivity contribution in [1.82, 2.24) is 0 Å². The standard InChI is InChI=1S/C22H24/c1-4-16-13-22(14-19(16)15(2)3)20-11-7-5-9-17(20)18-10-6-8-12-21(18)22/h4-12,15,19H,13-14H2,1-3H3/b16-4-. The van der Waals surface area contributed by atoms with Gasteiger partial charge in [-0.05, 0) is 53.9 Å².